The van der Waals surface area contributed by atoms with Crippen LogP contribution in [-0.4, -0.2) is 41.2 Å². The highest BCUT2D eigenvalue weighted by Crippen LogP contribution is 2.06. The SMILES string of the molecule is Nc1nc(NCCc2ccncc2)nc(-n2cncn2)n1. The number of rotatable bonds is 5. The lowest BCUT2D eigenvalue weighted by molar-refractivity contribution is 0.796. The Kier molecular flexibility index (Phi) is 3.63. The summed E-state index contributed by atoms with van der Waals surface area (Å²) in [6.45, 7) is 0.671. The predicted molar refractivity (Wildman–Crippen MR) is 75.6 cm³/mol. The van der Waals surface area contributed by atoms with Crippen LogP contribution < -0.4 is 11.1 Å². The van der Waals surface area contributed by atoms with Gasteiger partial charge in [-0.1, -0.05) is 0 Å². The van der Waals surface area contributed by atoms with Crippen LogP contribution in [0, 0.1) is 0 Å². The summed E-state index contributed by atoms with van der Waals surface area (Å²) in [5.41, 5.74) is 6.85. The van der Waals surface area contributed by atoms with Gasteiger partial charge in [-0.3, -0.25) is 4.98 Å². The van der Waals surface area contributed by atoms with Crippen LogP contribution in [-0.2, 0) is 6.42 Å². The summed E-state index contributed by atoms with van der Waals surface area (Å²) < 4.78 is 1.42. The Morgan fingerprint density at radius 2 is 1.95 bits per heavy atom. The van der Waals surface area contributed by atoms with E-state index in [1.807, 2.05) is 12.1 Å². The molecule has 3 N–H and O–H groups in total. The van der Waals surface area contributed by atoms with Crippen molar-refractivity contribution in [1.82, 2.24) is 34.7 Å². The fraction of sp³-hybridized carbons (Fsp3) is 0.167. The van der Waals surface area contributed by atoms with Gasteiger partial charge in [0.1, 0.15) is 12.7 Å². The van der Waals surface area contributed by atoms with E-state index in [1.54, 1.807) is 12.4 Å². The van der Waals surface area contributed by atoms with Gasteiger partial charge in [0.25, 0.3) is 5.95 Å². The number of aromatic nitrogens is 7. The van der Waals surface area contributed by atoms with Gasteiger partial charge in [0.15, 0.2) is 0 Å². The maximum absolute atomic E-state index is 5.68. The van der Waals surface area contributed by atoms with Crippen molar-refractivity contribution in [2.24, 2.45) is 0 Å². The van der Waals surface area contributed by atoms with Crippen molar-refractivity contribution in [1.29, 1.82) is 0 Å². The summed E-state index contributed by atoms with van der Waals surface area (Å²) in [6.07, 6.45) is 7.25. The highest BCUT2D eigenvalue weighted by Gasteiger charge is 2.06. The first-order valence-electron chi connectivity index (χ1n) is 6.30. The molecule has 0 bridgehead atoms. The number of hydrogen-bond donors (Lipinski definition) is 2. The molecule has 0 aliphatic carbocycles. The van der Waals surface area contributed by atoms with Crippen LogP contribution in [0.4, 0.5) is 11.9 Å². The average molecular weight is 283 g/mol. The first kappa shape index (κ1) is 12.9. The summed E-state index contributed by atoms with van der Waals surface area (Å²) in [6, 6.07) is 3.93. The Morgan fingerprint density at radius 3 is 2.71 bits per heavy atom. The summed E-state index contributed by atoms with van der Waals surface area (Å²) in [5.74, 6) is 0.857. The third-order valence-corrected chi connectivity index (χ3v) is 2.71. The molecule has 3 rings (SSSR count). The summed E-state index contributed by atoms with van der Waals surface area (Å²) in [4.78, 5) is 20.1. The first-order valence-corrected chi connectivity index (χ1v) is 6.30. The van der Waals surface area contributed by atoms with E-state index in [-0.39, 0.29) is 5.95 Å². The van der Waals surface area contributed by atoms with Crippen LogP contribution in [0.5, 0.6) is 0 Å². The topological polar surface area (TPSA) is 120 Å². The van der Waals surface area contributed by atoms with E-state index in [0.717, 1.165) is 6.42 Å². The van der Waals surface area contributed by atoms with Gasteiger partial charge in [-0.05, 0) is 24.1 Å². The van der Waals surface area contributed by atoms with Crippen molar-refractivity contribution in [3.05, 3.63) is 42.7 Å². The highest BCUT2D eigenvalue weighted by atomic mass is 15.4. The normalized spacial score (nSPS) is 10.5. The van der Waals surface area contributed by atoms with Gasteiger partial charge in [-0.25, -0.2) is 4.98 Å². The van der Waals surface area contributed by atoms with E-state index in [4.69, 9.17) is 5.73 Å². The summed E-state index contributed by atoms with van der Waals surface area (Å²) in [5, 5.41) is 7.07. The minimum absolute atomic E-state index is 0.127. The standard InChI is InChI=1S/C12H13N9/c13-10-18-11(16-6-3-9-1-4-14-5-2-9)20-12(19-10)21-8-15-7-17-21/h1-2,4-5,7-8H,3,6H2,(H3,13,16,18,19,20). The van der Waals surface area contributed by atoms with Crippen molar-refractivity contribution >= 4 is 11.9 Å². The molecule has 0 saturated heterocycles. The molecule has 106 valence electrons. The van der Waals surface area contributed by atoms with Gasteiger partial charge < -0.3 is 11.1 Å². The molecule has 0 aliphatic rings. The zero-order valence-corrected chi connectivity index (χ0v) is 11.1. The van der Waals surface area contributed by atoms with Crippen molar-refractivity contribution in [2.75, 3.05) is 17.6 Å². The molecule has 0 saturated carbocycles. The molecule has 21 heavy (non-hydrogen) atoms. The van der Waals surface area contributed by atoms with E-state index in [0.29, 0.717) is 18.4 Å². The van der Waals surface area contributed by atoms with E-state index in [2.05, 4.69) is 35.3 Å². The van der Waals surface area contributed by atoms with Crippen LogP contribution >= 0.6 is 0 Å². The van der Waals surface area contributed by atoms with Crippen LogP contribution in [0.1, 0.15) is 5.56 Å². The van der Waals surface area contributed by atoms with Crippen LogP contribution in [0.25, 0.3) is 5.95 Å². The zero-order chi connectivity index (χ0) is 14.5. The van der Waals surface area contributed by atoms with Gasteiger partial charge >= 0.3 is 0 Å². The maximum Gasteiger partial charge on any atom is 0.258 e. The number of hydrogen-bond acceptors (Lipinski definition) is 8. The Bertz CT molecular complexity index is 696. The van der Waals surface area contributed by atoms with Gasteiger partial charge in [0.05, 0.1) is 0 Å². The second kappa shape index (κ2) is 5.90. The lowest BCUT2D eigenvalue weighted by Crippen LogP contribution is -2.13. The van der Waals surface area contributed by atoms with Crippen LogP contribution in [0.3, 0.4) is 0 Å². The minimum Gasteiger partial charge on any atom is -0.368 e. The molecule has 0 radical (unpaired) electrons. The zero-order valence-electron chi connectivity index (χ0n) is 11.1. The second-order valence-electron chi connectivity index (χ2n) is 4.19. The number of nitrogen functional groups attached to an aromatic ring is 1. The van der Waals surface area contributed by atoms with E-state index >= 15 is 0 Å². The fourth-order valence-corrected chi connectivity index (χ4v) is 1.74. The molecule has 9 heteroatoms. The molecule has 3 aromatic rings. The first-order chi connectivity index (χ1) is 10.3. The molecule has 9 nitrogen and oxygen atoms in total. The molecule has 0 atom stereocenters. The lowest BCUT2D eigenvalue weighted by Gasteiger charge is -2.06. The minimum atomic E-state index is 0.127. The van der Waals surface area contributed by atoms with Crippen LogP contribution in [0.2, 0.25) is 0 Å². The summed E-state index contributed by atoms with van der Waals surface area (Å²) in [7, 11) is 0. The molecule has 0 fully saturated rings. The number of pyridine rings is 1. The van der Waals surface area contributed by atoms with Gasteiger partial charge in [0, 0.05) is 18.9 Å². The van der Waals surface area contributed by atoms with Gasteiger partial charge in [-0.15, -0.1) is 0 Å². The van der Waals surface area contributed by atoms with Crippen molar-refractivity contribution in [3.8, 4) is 5.95 Å². The number of nitrogens with two attached hydrogens (primary N) is 1. The van der Waals surface area contributed by atoms with Crippen LogP contribution in [0.15, 0.2) is 37.2 Å². The number of nitrogens with zero attached hydrogens (tertiary/aromatic N) is 7. The van der Waals surface area contributed by atoms with Crippen molar-refractivity contribution in [3.63, 3.8) is 0 Å². The molecule has 3 aromatic heterocycles. The molecule has 0 amide bonds. The third kappa shape index (κ3) is 3.26. The molecule has 3 heterocycles. The molecule has 0 aromatic carbocycles. The van der Waals surface area contributed by atoms with Crippen molar-refractivity contribution < 1.29 is 0 Å². The Morgan fingerprint density at radius 1 is 1.10 bits per heavy atom. The fourth-order valence-electron chi connectivity index (χ4n) is 1.74. The average Bonchev–Trinajstić information content (AvgIpc) is 3.02. The number of anilines is 2. The second-order valence-corrected chi connectivity index (χ2v) is 4.19. The molecular formula is C12H13N9. The monoisotopic (exact) mass is 283 g/mol. The highest BCUT2D eigenvalue weighted by molar-refractivity contribution is 5.34. The largest absolute Gasteiger partial charge is 0.368 e. The molecular weight excluding hydrogens is 270 g/mol. The van der Waals surface area contributed by atoms with E-state index < -0.39 is 0 Å². The van der Waals surface area contributed by atoms with Gasteiger partial charge in [-0.2, -0.15) is 24.7 Å². The third-order valence-electron chi connectivity index (χ3n) is 2.71. The predicted octanol–water partition coefficient (Wildman–Crippen LogP) is 0.0841. The molecule has 0 aliphatic heterocycles. The number of nitrogens with one attached hydrogen (secondary N) is 1. The Hall–Kier alpha value is -3.10. The smallest absolute Gasteiger partial charge is 0.258 e. The Balaban J connectivity index is 1.68. The van der Waals surface area contributed by atoms with E-state index in [1.165, 1.54) is 22.9 Å². The summed E-state index contributed by atoms with van der Waals surface area (Å²) >= 11 is 0. The molecule has 0 unspecified atom stereocenters. The van der Waals surface area contributed by atoms with Crippen molar-refractivity contribution in [2.45, 2.75) is 6.42 Å². The quantitative estimate of drug-likeness (QED) is 0.675. The lowest BCUT2D eigenvalue weighted by atomic mass is 10.2. The maximum atomic E-state index is 5.68. The van der Waals surface area contributed by atoms with E-state index in [9.17, 15) is 0 Å². The Labute approximate surface area is 120 Å². The molecule has 0 spiro atoms. The van der Waals surface area contributed by atoms with Gasteiger partial charge in [0.2, 0.25) is 11.9 Å².